The molecule has 7 atom stereocenters. The molecule has 2 aliphatic heterocycles. The quantitative estimate of drug-likeness (QED) is 0.274. The topological polar surface area (TPSA) is 190 Å². The normalized spacial score (nSPS) is 40.2. The van der Waals surface area contributed by atoms with Gasteiger partial charge in [0, 0.05) is 6.20 Å². The number of nitrogens with zero attached hydrogens (tertiary/aromatic N) is 2. The molecule has 26 heavy (non-hydrogen) atoms. The molecule has 2 fully saturated rings. The lowest BCUT2D eigenvalue weighted by Crippen LogP contribution is -2.52. The Bertz CT molecular complexity index is 700. The summed E-state index contributed by atoms with van der Waals surface area (Å²) in [5.41, 5.74) is 4.65. The van der Waals surface area contributed by atoms with Crippen LogP contribution < -0.4 is 11.4 Å². The Hall–Kier alpha value is -1.64. The molecule has 1 aromatic heterocycles. The Morgan fingerprint density at radius 2 is 2.04 bits per heavy atom. The highest BCUT2D eigenvalue weighted by Gasteiger charge is 2.55. The Morgan fingerprint density at radius 3 is 2.62 bits per heavy atom. The number of ether oxygens (including phenoxy) is 3. The molecule has 7 N–H and O–H groups in total. The lowest BCUT2D eigenvalue weighted by molar-refractivity contribution is -0.281. The number of aromatic nitrogens is 2. The van der Waals surface area contributed by atoms with Crippen LogP contribution in [0.25, 0.3) is 0 Å². The summed E-state index contributed by atoms with van der Waals surface area (Å²) < 4.78 is 17.0. The molecule has 0 amide bonds. The summed E-state index contributed by atoms with van der Waals surface area (Å²) in [6.45, 7) is -1.61. The predicted molar refractivity (Wildman–Crippen MR) is 82.6 cm³/mol. The lowest BCUT2D eigenvalue weighted by Gasteiger charge is -2.32. The van der Waals surface area contributed by atoms with E-state index in [4.69, 9.17) is 25.1 Å². The molecule has 3 heterocycles. The van der Waals surface area contributed by atoms with E-state index >= 15 is 0 Å². The fourth-order valence-corrected chi connectivity index (χ4v) is 3.02. The summed E-state index contributed by atoms with van der Waals surface area (Å²) in [6, 6.07) is 1.32. The number of aliphatic hydroxyl groups excluding tert-OH is 4. The third-order valence-corrected chi connectivity index (χ3v) is 4.46. The molecule has 12 nitrogen and oxygen atoms in total. The second-order valence-corrected chi connectivity index (χ2v) is 6.18. The van der Waals surface area contributed by atoms with Gasteiger partial charge in [0.2, 0.25) is 5.79 Å². The van der Waals surface area contributed by atoms with Crippen LogP contribution in [0.4, 0.5) is 5.82 Å². The minimum Gasteiger partial charge on any atom is -0.394 e. The molecule has 2 unspecified atom stereocenters. The van der Waals surface area contributed by atoms with E-state index in [1.807, 2.05) is 0 Å². The maximum absolute atomic E-state index is 12.1. The van der Waals surface area contributed by atoms with Crippen LogP contribution in [0, 0.1) is 0 Å². The Balaban J connectivity index is 1.90. The zero-order valence-corrected chi connectivity index (χ0v) is 13.6. The molecular weight excluding hydrogens is 354 g/mol. The Kier molecular flexibility index (Phi) is 5.28. The van der Waals surface area contributed by atoms with Crippen molar-refractivity contribution in [3.05, 3.63) is 22.7 Å². The summed E-state index contributed by atoms with van der Waals surface area (Å²) >= 11 is 0. The van der Waals surface area contributed by atoms with Gasteiger partial charge in [0.1, 0.15) is 42.9 Å². The van der Waals surface area contributed by atoms with Gasteiger partial charge in [-0.1, -0.05) is 0 Å². The summed E-state index contributed by atoms with van der Waals surface area (Å²) in [5, 5.41) is 49.5. The number of hydrogen-bond donors (Lipinski definition) is 6. The summed E-state index contributed by atoms with van der Waals surface area (Å²) in [6.07, 6.45) is -6.56. The van der Waals surface area contributed by atoms with Crippen molar-refractivity contribution >= 4 is 5.82 Å². The first-order valence-electron chi connectivity index (χ1n) is 7.90. The second kappa shape index (κ2) is 7.17. The highest BCUT2D eigenvalue weighted by molar-refractivity contribution is 5.23. The van der Waals surface area contributed by atoms with Crippen molar-refractivity contribution in [1.29, 1.82) is 0 Å². The first kappa shape index (κ1) is 19.1. The standard InChI is InChI=1S/C14H21N3O9/c15-8-1-2-17(13(22)16-8)12-10(9(20)6(3-18)25-12)26-14(23)5-24-7(4-19)11(14)21/h1-2,6-7,9-12,18-21,23H,3-5H2,(H2,15,16,22)/t6-,7-,9?,10?,11-,12-,14+/m1/s1. The van der Waals surface area contributed by atoms with Gasteiger partial charge < -0.3 is 45.5 Å². The molecule has 0 saturated carbocycles. The first-order chi connectivity index (χ1) is 12.3. The van der Waals surface area contributed by atoms with Crippen LogP contribution in [0.5, 0.6) is 0 Å². The highest BCUT2D eigenvalue weighted by Crippen LogP contribution is 2.36. The number of nitrogen functional groups attached to an aromatic ring is 1. The average molecular weight is 375 g/mol. The molecule has 1 aromatic rings. The van der Waals surface area contributed by atoms with Crippen molar-refractivity contribution in [2.45, 2.75) is 42.5 Å². The van der Waals surface area contributed by atoms with Crippen LogP contribution in [0.2, 0.25) is 0 Å². The van der Waals surface area contributed by atoms with E-state index in [1.165, 1.54) is 12.3 Å². The van der Waals surface area contributed by atoms with Crippen LogP contribution in [0.1, 0.15) is 6.23 Å². The molecule has 2 aliphatic rings. The van der Waals surface area contributed by atoms with Crippen LogP contribution in [0.3, 0.4) is 0 Å². The molecule has 0 spiro atoms. The van der Waals surface area contributed by atoms with Gasteiger partial charge in [-0.2, -0.15) is 4.98 Å². The van der Waals surface area contributed by atoms with Crippen molar-refractivity contribution in [2.24, 2.45) is 0 Å². The van der Waals surface area contributed by atoms with E-state index in [9.17, 15) is 25.2 Å². The molecule has 146 valence electrons. The zero-order chi connectivity index (χ0) is 19.1. The van der Waals surface area contributed by atoms with Gasteiger partial charge in [-0.25, -0.2) is 4.79 Å². The van der Waals surface area contributed by atoms with Crippen molar-refractivity contribution < 1.29 is 39.7 Å². The van der Waals surface area contributed by atoms with Gasteiger partial charge in [-0.3, -0.25) is 4.57 Å². The van der Waals surface area contributed by atoms with E-state index in [2.05, 4.69) is 4.98 Å². The van der Waals surface area contributed by atoms with Crippen LogP contribution in [-0.4, -0.2) is 91.2 Å². The average Bonchev–Trinajstić information content (AvgIpc) is 3.06. The molecule has 0 bridgehead atoms. The van der Waals surface area contributed by atoms with Crippen LogP contribution >= 0.6 is 0 Å². The second-order valence-electron chi connectivity index (χ2n) is 6.18. The number of anilines is 1. The molecule has 3 rings (SSSR count). The largest absolute Gasteiger partial charge is 0.394 e. The first-order valence-corrected chi connectivity index (χ1v) is 7.90. The number of nitrogens with two attached hydrogens (primary N) is 1. The lowest BCUT2D eigenvalue weighted by atomic mass is 10.1. The zero-order valence-electron chi connectivity index (χ0n) is 13.6. The smallest absolute Gasteiger partial charge is 0.351 e. The van der Waals surface area contributed by atoms with Crippen molar-refractivity contribution in [2.75, 3.05) is 25.6 Å². The minimum atomic E-state index is -2.25. The SMILES string of the molecule is Nc1ccn([C@@H]2O[C@H](CO)C(O)C2O[C@@]2(O)CO[C@H](CO)[C@H]2O)c(=O)n1. The molecule has 2 saturated heterocycles. The monoisotopic (exact) mass is 375 g/mol. The Labute approximate surface area is 147 Å². The molecule has 0 radical (unpaired) electrons. The van der Waals surface area contributed by atoms with Crippen molar-refractivity contribution in [3.8, 4) is 0 Å². The fourth-order valence-electron chi connectivity index (χ4n) is 3.02. The fraction of sp³-hybridized carbons (Fsp3) is 0.714. The number of hydrogen-bond acceptors (Lipinski definition) is 11. The predicted octanol–water partition coefficient (Wildman–Crippen LogP) is -4.10. The van der Waals surface area contributed by atoms with E-state index in [-0.39, 0.29) is 5.82 Å². The van der Waals surface area contributed by atoms with E-state index < -0.39 is 68.0 Å². The van der Waals surface area contributed by atoms with Crippen molar-refractivity contribution in [1.82, 2.24) is 9.55 Å². The number of rotatable bonds is 5. The van der Waals surface area contributed by atoms with E-state index in [1.54, 1.807) is 0 Å². The van der Waals surface area contributed by atoms with Gasteiger partial charge in [-0.05, 0) is 6.07 Å². The maximum Gasteiger partial charge on any atom is 0.351 e. The molecule has 0 aliphatic carbocycles. The number of aliphatic hydroxyl groups is 5. The van der Waals surface area contributed by atoms with Gasteiger partial charge in [-0.15, -0.1) is 0 Å². The Morgan fingerprint density at radius 1 is 1.35 bits per heavy atom. The molecule has 0 aromatic carbocycles. The highest BCUT2D eigenvalue weighted by atomic mass is 16.7. The summed E-state index contributed by atoms with van der Waals surface area (Å²) in [7, 11) is 0. The molecular formula is C14H21N3O9. The van der Waals surface area contributed by atoms with Gasteiger partial charge in [0.05, 0.1) is 13.2 Å². The summed E-state index contributed by atoms with van der Waals surface area (Å²) in [5.74, 6) is -2.28. The van der Waals surface area contributed by atoms with Gasteiger partial charge >= 0.3 is 5.69 Å². The van der Waals surface area contributed by atoms with Crippen LogP contribution in [-0.2, 0) is 14.2 Å². The van der Waals surface area contributed by atoms with Gasteiger partial charge in [0.25, 0.3) is 0 Å². The van der Waals surface area contributed by atoms with Crippen molar-refractivity contribution in [3.63, 3.8) is 0 Å². The molecule has 12 heteroatoms. The van der Waals surface area contributed by atoms with E-state index in [0.717, 1.165) is 4.57 Å². The van der Waals surface area contributed by atoms with Crippen LogP contribution in [0.15, 0.2) is 17.1 Å². The third kappa shape index (κ3) is 3.21. The van der Waals surface area contributed by atoms with E-state index in [0.29, 0.717) is 0 Å². The van der Waals surface area contributed by atoms with Gasteiger partial charge in [0.15, 0.2) is 6.23 Å². The third-order valence-electron chi connectivity index (χ3n) is 4.46. The summed E-state index contributed by atoms with van der Waals surface area (Å²) in [4.78, 5) is 15.6. The minimum absolute atomic E-state index is 0.0231. The maximum atomic E-state index is 12.1.